The maximum atomic E-state index is 13.5. The molecule has 0 atom stereocenters. The fourth-order valence-corrected chi connectivity index (χ4v) is 3.46. The average Bonchev–Trinajstić information content (AvgIpc) is 2.76. The van der Waals surface area contributed by atoms with Crippen LogP contribution in [-0.4, -0.2) is 36.7 Å². The van der Waals surface area contributed by atoms with E-state index in [0.29, 0.717) is 23.0 Å². The quantitative estimate of drug-likeness (QED) is 0.554. The van der Waals surface area contributed by atoms with E-state index in [-0.39, 0.29) is 30.3 Å². The molecule has 1 aromatic carbocycles. The van der Waals surface area contributed by atoms with Crippen molar-refractivity contribution in [2.45, 2.75) is 19.0 Å². The molecule has 0 amide bonds. The van der Waals surface area contributed by atoms with Crippen molar-refractivity contribution in [1.29, 1.82) is 5.26 Å². The van der Waals surface area contributed by atoms with Crippen LogP contribution < -0.4 is 9.62 Å². The van der Waals surface area contributed by atoms with Crippen molar-refractivity contribution < 1.29 is 21.6 Å². The molecule has 2 heterocycles. The van der Waals surface area contributed by atoms with Crippen LogP contribution in [0.3, 0.4) is 0 Å². The van der Waals surface area contributed by atoms with Gasteiger partial charge >= 0.3 is 6.18 Å². The van der Waals surface area contributed by atoms with Crippen molar-refractivity contribution >= 4 is 27.5 Å². The molecule has 0 aliphatic heterocycles. The smallest absolute Gasteiger partial charge is 0.324 e. The van der Waals surface area contributed by atoms with Crippen LogP contribution in [0.25, 0.3) is 0 Å². The molecule has 33 heavy (non-hydrogen) atoms. The Bertz CT molecular complexity index is 1290. The van der Waals surface area contributed by atoms with Crippen molar-refractivity contribution in [1.82, 2.24) is 15.0 Å². The van der Waals surface area contributed by atoms with E-state index in [4.69, 9.17) is 5.26 Å². The Morgan fingerprint density at radius 2 is 1.82 bits per heavy atom. The predicted molar refractivity (Wildman–Crippen MR) is 116 cm³/mol. The summed E-state index contributed by atoms with van der Waals surface area (Å²) in [5, 5.41) is 11.7. The van der Waals surface area contributed by atoms with Crippen molar-refractivity contribution in [3.05, 3.63) is 71.2 Å². The molecule has 172 valence electrons. The van der Waals surface area contributed by atoms with Crippen LogP contribution in [0, 0.1) is 11.3 Å². The number of hydrogen-bond donors (Lipinski definition) is 1. The van der Waals surface area contributed by atoms with Crippen molar-refractivity contribution in [2.24, 2.45) is 0 Å². The molecule has 0 saturated heterocycles. The number of aromatic nitrogens is 3. The van der Waals surface area contributed by atoms with Crippen molar-refractivity contribution in [3.63, 3.8) is 0 Å². The molecule has 0 fully saturated rings. The van der Waals surface area contributed by atoms with Crippen LogP contribution in [0.5, 0.6) is 0 Å². The van der Waals surface area contributed by atoms with E-state index in [1.54, 1.807) is 36.4 Å². The van der Waals surface area contributed by atoms with E-state index in [1.165, 1.54) is 13.2 Å². The Hall–Kier alpha value is -3.72. The maximum absolute atomic E-state index is 13.5. The highest BCUT2D eigenvalue weighted by atomic mass is 32.2. The van der Waals surface area contributed by atoms with Gasteiger partial charge in [-0.25, -0.2) is 23.4 Å². The second kappa shape index (κ2) is 9.41. The number of anilines is 3. The Morgan fingerprint density at radius 1 is 1.12 bits per heavy atom. The van der Waals surface area contributed by atoms with Crippen LogP contribution in [0.2, 0.25) is 0 Å². The highest BCUT2D eigenvalue weighted by molar-refractivity contribution is 7.92. The fraction of sp³-hybridized carbons (Fsp3) is 0.238. The van der Waals surface area contributed by atoms with E-state index >= 15 is 0 Å². The van der Waals surface area contributed by atoms with Crippen molar-refractivity contribution in [2.75, 3.05) is 22.9 Å². The standard InChI is InChI=1S/C21H19F3N6O2S/c1-30(33(2,31)32)19-15(4-3-11-26-19)7-10-18-17(21(22,23)24)13-27-20(29-18)28-16-8-5-14(12-25)6-9-16/h3-6,8-9,11,13H,7,10H2,1-2H3,(H,27,28,29). The summed E-state index contributed by atoms with van der Waals surface area (Å²) >= 11 is 0. The first kappa shape index (κ1) is 23.9. The molecule has 0 bridgehead atoms. The number of pyridine rings is 1. The number of aryl methyl sites for hydroxylation is 2. The summed E-state index contributed by atoms with van der Waals surface area (Å²) in [5.41, 5.74) is 0.170. The van der Waals surface area contributed by atoms with Gasteiger partial charge in [0.1, 0.15) is 5.82 Å². The molecular weight excluding hydrogens is 457 g/mol. The Balaban J connectivity index is 1.90. The zero-order valence-corrected chi connectivity index (χ0v) is 18.4. The molecular formula is C21H19F3N6O2S. The number of hydrogen-bond acceptors (Lipinski definition) is 7. The van der Waals surface area contributed by atoms with Gasteiger partial charge in [-0.1, -0.05) is 6.07 Å². The number of alkyl halides is 3. The van der Waals surface area contributed by atoms with Crippen LogP contribution in [0.1, 0.15) is 22.4 Å². The topological polar surface area (TPSA) is 112 Å². The Labute approximate surface area is 188 Å². The number of sulfonamides is 1. The van der Waals surface area contributed by atoms with Gasteiger partial charge in [0.25, 0.3) is 0 Å². The zero-order chi connectivity index (χ0) is 24.2. The third-order valence-corrected chi connectivity index (χ3v) is 5.91. The molecule has 12 heteroatoms. The first-order valence-electron chi connectivity index (χ1n) is 9.57. The average molecular weight is 476 g/mol. The lowest BCUT2D eigenvalue weighted by atomic mass is 10.1. The van der Waals surface area contributed by atoms with E-state index < -0.39 is 21.8 Å². The lowest BCUT2D eigenvalue weighted by Gasteiger charge is -2.19. The fourth-order valence-electron chi connectivity index (χ4n) is 2.98. The Kier molecular flexibility index (Phi) is 6.83. The minimum Gasteiger partial charge on any atom is -0.324 e. The molecule has 0 unspecified atom stereocenters. The van der Waals surface area contributed by atoms with Gasteiger partial charge in [0, 0.05) is 25.1 Å². The maximum Gasteiger partial charge on any atom is 0.419 e. The first-order valence-corrected chi connectivity index (χ1v) is 11.4. The molecule has 1 N–H and O–H groups in total. The summed E-state index contributed by atoms with van der Waals surface area (Å²) in [6, 6.07) is 11.4. The summed E-state index contributed by atoms with van der Waals surface area (Å²) in [6.45, 7) is 0. The van der Waals surface area contributed by atoms with Gasteiger partial charge in [-0.2, -0.15) is 18.4 Å². The number of benzene rings is 1. The van der Waals surface area contributed by atoms with Crippen LogP contribution >= 0.6 is 0 Å². The first-order chi connectivity index (χ1) is 15.5. The normalized spacial score (nSPS) is 11.6. The minimum absolute atomic E-state index is 0.0395. The molecule has 0 saturated carbocycles. The van der Waals surface area contributed by atoms with E-state index in [2.05, 4.69) is 20.3 Å². The van der Waals surface area contributed by atoms with Gasteiger partial charge in [-0.15, -0.1) is 0 Å². The van der Waals surface area contributed by atoms with Gasteiger partial charge in [0.2, 0.25) is 16.0 Å². The second-order valence-electron chi connectivity index (χ2n) is 7.08. The van der Waals surface area contributed by atoms with Crippen LogP contribution in [0.4, 0.5) is 30.6 Å². The van der Waals surface area contributed by atoms with Crippen molar-refractivity contribution in [3.8, 4) is 6.07 Å². The van der Waals surface area contributed by atoms with Gasteiger partial charge in [-0.05, 0) is 48.7 Å². The number of nitrogens with one attached hydrogen (secondary N) is 1. The van der Waals surface area contributed by atoms with Crippen LogP contribution in [0.15, 0.2) is 48.8 Å². The largest absolute Gasteiger partial charge is 0.419 e. The summed E-state index contributed by atoms with van der Waals surface area (Å²) in [5.74, 6) is 0.0981. The molecule has 0 aliphatic rings. The number of halogens is 3. The summed E-state index contributed by atoms with van der Waals surface area (Å²) in [4.78, 5) is 11.9. The molecule has 0 radical (unpaired) electrons. The second-order valence-corrected chi connectivity index (χ2v) is 9.10. The predicted octanol–water partition coefficient (Wildman–Crippen LogP) is 3.69. The van der Waals surface area contributed by atoms with E-state index in [1.807, 2.05) is 6.07 Å². The molecule has 0 spiro atoms. The Morgan fingerprint density at radius 3 is 2.42 bits per heavy atom. The summed E-state index contributed by atoms with van der Waals surface area (Å²) < 4.78 is 65.4. The lowest BCUT2D eigenvalue weighted by molar-refractivity contribution is -0.138. The lowest BCUT2D eigenvalue weighted by Crippen LogP contribution is -2.27. The zero-order valence-electron chi connectivity index (χ0n) is 17.6. The molecule has 0 aliphatic carbocycles. The van der Waals surface area contributed by atoms with Crippen LogP contribution in [-0.2, 0) is 29.0 Å². The third kappa shape index (κ3) is 5.95. The van der Waals surface area contributed by atoms with E-state index in [0.717, 1.165) is 10.6 Å². The summed E-state index contributed by atoms with van der Waals surface area (Å²) in [6.07, 6.45) is -1.59. The minimum atomic E-state index is -4.66. The highest BCUT2D eigenvalue weighted by Gasteiger charge is 2.35. The summed E-state index contributed by atoms with van der Waals surface area (Å²) in [7, 11) is -2.28. The van der Waals surface area contributed by atoms with E-state index in [9.17, 15) is 21.6 Å². The van der Waals surface area contributed by atoms with Gasteiger partial charge in [0.15, 0.2) is 0 Å². The van der Waals surface area contributed by atoms with Gasteiger partial charge in [-0.3, -0.25) is 4.31 Å². The number of rotatable bonds is 7. The highest BCUT2D eigenvalue weighted by Crippen LogP contribution is 2.32. The SMILES string of the molecule is CN(c1ncccc1CCc1nc(Nc2ccc(C#N)cc2)ncc1C(F)(F)F)S(C)(=O)=O. The molecule has 3 rings (SSSR count). The van der Waals surface area contributed by atoms with Gasteiger partial charge < -0.3 is 5.32 Å². The molecule has 3 aromatic rings. The monoisotopic (exact) mass is 476 g/mol. The number of nitriles is 1. The third-order valence-electron chi connectivity index (χ3n) is 4.74. The number of nitrogens with zero attached hydrogens (tertiary/aromatic N) is 5. The van der Waals surface area contributed by atoms with Gasteiger partial charge in [0.05, 0.1) is 29.1 Å². The molecule has 2 aromatic heterocycles. The molecule has 8 nitrogen and oxygen atoms in total.